The molecule has 0 bridgehead atoms. The molecule has 136 valence electrons. The topological polar surface area (TPSA) is 75.4 Å². The Kier molecular flexibility index (Phi) is 5.08. The van der Waals surface area contributed by atoms with Gasteiger partial charge in [0.15, 0.2) is 0 Å². The molecule has 0 saturated carbocycles. The number of carbonyl (C=O) groups is 1. The van der Waals surface area contributed by atoms with Crippen LogP contribution in [0.3, 0.4) is 0 Å². The zero-order chi connectivity index (χ0) is 18.8. The van der Waals surface area contributed by atoms with E-state index in [1.807, 2.05) is 0 Å². The molecule has 3 aromatic rings. The molecule has 2 aromatic heterocycles. The van der Waals surface area contributed by atoms with Gasteiger partial charge in [-0.05, 0) is 43.2 Å². The summed E-state index contributed by atoms with van der Waals surface area (Å²) < 4.78 is 1.61. The lowest BCUT2D eigenvalue weighted by atomic mass is 10.2. The molecule has 1 amide bonds. The van der Waals surface area contributed by atoms with Crippen LogP contribution in [0.2, 0.25) is 0 Å². The maximum atomic E-state index is 12.9. The molecule has 1 N–H and O–H groups in total. The number of carbonyl (C=O) groups excluding carboxylic acids is 1. The maximum absolute atomic E-state index is 12.9. The predicted octanol–water partition coefficient (Wildman–Crippen LogP) is 3.55. The van der Waals surface area contributed by atoms with Crippen molar-refractivity contribution < 1.29 is 9.90 Å². The average molecular weight is 371 g/mol. The smallest absolute Gasteiger partial charge is 0.268 e. The highest BCUT2D eigenvalue weighted by molar-refractivity contribution is 7.20. The number of hydrogen-bond donors (Lipinski definition) is 1. The van der Waals surface area contributed by atoms with Crippen molar-refractivity contribution in [2.75, 3.05) is 11.9 Å². The Morgan fingerprint density at radius 3 is 2.65 bits per heavy atom. The number of rotatable bonds is 5. The SMILES string of the molecule is CCCCn1cnc2sc(C(=O)N(C)c3ccc(O)cc3)c(C)c2c1=O. The molecular formula is C19H21N3O3S. The van der Waals surface area contributed by atoms with E-state index in [0.717, 1.165) is 12.8 Å². The number of thiophene rings is 1. The van der Waals surface area contributed by atoms with Crippen molar-refractivity contribution in [2.24, 2.45) is 0 Å². The quantitative estimate of drug-likeness (QED) is 0.744. The first-order valence-corrected chi connectivity index (χ1v) is 9.31. The number of unbranched alkanes of at least 4 members (excludes halogenated alkanes) is 1. The minimum Gasteiger partial charge on any atom is -0.508 e. The molecule has 0 unspecified atom stereocenters. The maximum Gasteiger partial charge on any atom is 0.268 e. The highest BCUT2D eigenvalue weighted by Gasteiger charge is 2.22. The van der Waals surface area contributed by atoms with Crippen LogP contribution >= 0.6 is 11.3 Å². The van der Waals surface area contributed by atoms with Gasteiger partial charge in [-0.3, -0.25) is 14.2 Å². The van der Waals surface area contributed by atoms with E-state index in [4.69, 9.17) is 0 Å². The molecule has 0 aliphatic rings. The van der Waals surface area contributed by atoms with E-state index in [1.165, 1.54) is 28.4 Å². The van der Waals surface area contributed by atoms with Gasteiger partial charge in [-0.15, -0.1) is 11.3 Å². The van der Waals surface area contributed by atoms with E-state index >= 15 is 0 Å². The summed E-state index contributed by atoms with van der Waals surface area (Å²) in [6.07, 6.45) is 3.47. The number of hydrogen-bond acceptors (Lipinski definition) is 5. The van der Waals surface area contributed by atoms with Gasteiger partial charge in [0.25, 0.3) is 11.5 Å². The Hall–Kier alpha value is -2.67. The Bertz CT molecular complexity index is 1010. The zero-order valence-electron chi connectivity index (χ0n) is 15.0. The number of aryl methyl sites for hydroxylation is 2. The van der Waals surface area contributed by atoms with E-state index in [2.05, 4.69) is 11.9 Å². The summed E-state index contributed by atoms with van der Waals surface area (Å²) in [5, 5.41) is 9.93. The third kappa shape index (κ3) is 3.22. The summed E-state index contributed by atoms with van der Waals surface area (Å²) in [5.74, 6) is -0.0554. The van der Waals surface area contributed by atoms with Crippen molar-refractivity contribution in [3.63, 3.8) is 0 Å². The zero-order valence-corrected chi connectivity index (χ0v) is 15.8. The molecule has 6 nitrogen and oxygen atoms in total. The number of amides is 1. The highest BCUT2D eigenvalue weighted by Crippen LogP contribution is 2.29. The molecule has 0 spiro atoms. The number of aromatic hydroxyl groups is 1. The first kappa shape index (κ1) is 18.1. The lowest BCUT2D eigenvalue weighted by molar-refractivity contribution is 0.0996. The molecule has 7 heteroatoms. The molecule has 0 saturated heterocycles. The van der Waals surface area contributed by atoms with Crippen molar-refractivity contribution in [1.82, 2.24) is 9.55 Å². The molecule has 0 aliphatic carbocycles. The van der Waals surface area contributed by atoms with Crippen molar-refractivity contribution in [1.29, 1.82) is 0 Å². The fraction of sp³-hybridized carbons (Fsp3) is 0.316. The second-order valence-electron chi connectivity index (χ2n) is 6.21. The van der Waals surface area contributed by atoms with Crippen LogP contribution in [0.5, 0.6) is 5.75 Å². The Labute approximate surface area is 155 Å². The Balaban J connectivity index is 2.01. The number of phenols is 1. The molecular weight excluding hydrogens is 350 g/mol. The van der Waals surface area contributed by atoms with Gasteiger partial charge >= 0.3 is 0 Å². The summed E-state index contributed by atoms with van der Waals surface area (Å²) in [6.45, 7) is 4.50. The summed E-state index contributed by atoms with van der Waals surface area (Å²) in [4.78, 5) is 32.7. The summed E-state index contributed by atoms with van der Waals surface area (Å²) >= 11 is 1.24. The fourth-order valence-electron chi connectivity index (χ4n) is 2.80. The van der Waals surface area contributed by atoms with Crippen LogP contribution in [0.4, 0.5) is 5.69 Å². The molecule has 26 heavy (non-hydrogen) atoms. The fourth-order valence-corrected chi connectivity index (χ4v) is 3.91. The number of phenolic OH excluding ortho intramolecular Hbond substituents is 1. The van der Waals surface area contributed by atoms with Gasteiger partial charge in [0.1, 0.15) is 10.6 Å². The molecule has 3 rings (SSSR count). The van der Waals surface area contributed by atoms with Crippen LogP contribution in [0.1, 0.15) is 35.0 Å². The standard InChI is InChI=1S/C19H21N3O3S/c1-4-5-10-22-11-20-17-15(18(22)24)12(2)16(26-17)19(25)21(3)13-6-8-14(23)9-7-13/h6-9,11,23H,4-5,10H2,1-3H3. The van der Waals surface area contributed by atoms with Crippen LogP contribution in [0.15, 0.2) is 35.4 Å². The number of anilines is 1. The van der Waals surface area contributed by atoms with Gasteiger partial charge in [-0.25, -0.2) is 4.98 Å². The van der Waals surface area contributed by atoms with Crippen molar-refractivity contribution >= 4 is 33.1 Å². The predicted molar refractivity (Wildman–Crippen MR) is 104 cm³/mol. The van der Waals surface area contributed by atoms with Crippen LogP contribution in [-0.2, 0) is 6.54 Å². The van der Waals surface area contributed by atoms with E-state index < -0.39 is 0 Å². The van der Waals surface area contributed by atoms with Crippen LogP contribution in [0, 0.1) is 6.92 Å². The van der Waals surface area contributed by atoms with E-state index in [-0.39, 0.29) is 17.2 Å². The monoisotopic (exact) mass is 371 g/mol. The molecule has 0 fully saturated rings. The summed E-state index contributed by atoms with van der Waals surface area (Å²) in [5.41, 5.74) is 1.24. The molecule has 0 atom stereocenters. The average Bonchev–Trinajstić information content (AvgIpc) is 2.98. The van der Waals surface area contributed by atoms with Crippen molar-refractivity contribution in [3.05, 3.63) is 51.4 Å². The molecule has 0 aliphatic heterocycles. The van der Waals surface area contributed by atoms with Gasteiger partial charge in [0.2, 0.25) is 0 Å². The third-order valence-corrected chi connectivity index (χ3v) is 5.59. The summed E-state index contributed by atoms with van der Waals surface area (Å²) in [6, 6.07) is 6.41. The van der Waals surface area contributed by atoms with E-state index in [1.54, 1.807) is 37.0 Å². The van der Waals surface area contributed by atoms with Gasteiger partial charge in [-0.1, -0.05) is 13.3 Å². The minimum atomic E-state index is -0.198. The van der Waals surface area contributed by atoms with Gasteiger partial charge in [-0.2, -0.15) is 0 Å². The van der Waals surface area contributed by atoms with Gasteiger partial charge in [0.05, 0.1) is 16.6 Å². The number of benzene rings is 1. The number of nitrogens with zero attached hydrogens (tertiary/aromatic N) is 3. The number of fused-ring (bicyclic) bond motifs is 1. The summed E-state index contributed by atoms with van der Waals surface area (Å²) in [7, 11) is 1.67. The van der Waals surface area contributed by atoms with E-state index in [9.17, 15) is 14.7 Å². The Morgan fingerprint density at radius 2 is 2.00 bits per heavy atom. The normalized spacial score (nSPS) is 11.0. The highest BCUT2D eigenvalue weighted by atomic mass is 32.1. The largest absolute Gasteiger partial charge is 0.508 e. The molecule has 1 aromatic carbocycles. The van der Waals surface area contributed by atoms with Crippen LogP contribution in [0.25, 0.3) is 10.2 Å². The van der Waals surface area contributed by atoms with Gasteiger partial charge < -0.3 is 10.0 Å². The van der Waals surface area contributed by atoms with E-state index in [0.29, 0.717) is 32.9 Å². The minimum absolute atomic E-state index is 0.0939. The second-order valence-corrected chi connectivity index (χ2v) is 7.21. The lowest BCUT2D eigenvalue weighted by Gasteiger charge is -2.16. The van der Waals surface area contributed by atoms with Gasteiger partial charge in [0, 0.05) is 19.3 Å². The lowest BCUT2D eigenvalue weighted by Crippen LogP contribution is -2.26. The van der Waals surface area contributed by atoms with Crippen molar-refractivity contribution in [3.8, 4) is 5.75 Å². The number of aromatic nitrogens is 2. The molecule has 2 heterocycles. The van der Waals surface area contributed by atoms with Crippen LogP contribution in [-0.4, -0.2) is 27.6 Å². The first-order chi connectivity index (χ1) is 12.4. The molecule has 0 radical (unpaired) electrons. The second kappa shape index (κ2) is 7.29. The Morgan fingerprint density at radius 1 is 1.31 bits per heavy atom. The van der Waals surface area contributed by atoms with Crippen LogP contribution < -0.4 is 10.5 Å². The van der Waals surface area contributed by atoms with Crippen molar-refractivity contribution in [2.45, 2.75) is 33.2 Å². The first-order valence-electron chi connectivity index (χ1n) is 8.49. The third-order valence-electron chi connectivity index (χ3n) is 4.41.